The number of nitrogens with zero attached hydrogens (tertiary/aromatic N) is 2. The lowest BCUT2D eigenvalue weighted by Gasteiger charge is -2.19. The summed E-state index contributed by atoms with van der Waals surface area (Å²) in [7, 11) is 1.82. The van der Waals surface area contributed by atoms with Crippen molar-refractivity contribution >= 4 is 17.2 Å². The highest BCUT2D eigenvalue weighted by molar-refractivity contribution is 7.13. The molecule has 0 bridgehead atoms. The zero-order chi connectivity index (χ0) is 16.4. The first-order valence-corrected chi connectivity index (χ1v) is 7.97. The Morgan fingerprint density at radius 2 is 2.09 bits per heavy atom. The summed E-state index contributed by atoms with van der Waals surface area (Å²) in [5.41, 5.74) is 0.392. The van der Waals surface area contributed by atoms with Gasteiger partial charge in [0, 0.05) is 29.9 Å². The maximum absolute atomic E-state index is 14.2. The van der Waals surface area contributed by atoms with Crippen LogP contribution in [-0.4, -0.2) is 15.5 Å². The molecule has 1 N–H and O–H groups in total. The monoisotopic (exact) mass is 329 g/mol. The molecule has 3 rings (SSSR count). The number of hydrogen-bond acceptors (Lipinski definition) is 3. The molecule has 4 nitrogen and oxygen atoms in total. The topological polar surface area (TPSA) is 46.9 Å². The molecule has 118 valence electrons. The highest BCUT2D eigenvalue weighted by Gasteiger charge is 2.24. The second kappa shape index (κ2) is 6.34. The number of aromatic nitrogens is 2. The molecule has 1 atom stereocenters. The first kappa shape index (κ1) is 15.4. The Hall–Kier alpha value is -2.47. The highest BCUT2D eigenvalue weighted by Crippen LogP contribution is 2.24. The number of halogens is 1. The van der Waals surface area contributed by atoms with Crippen molar-refractivity contribution in [2.24, 2.45) is 7.05 Å². The van der Waals surface area contributed by atoms with Crippen molar-refractivity contribution in [2.45, 2.75) is 13.0 Å². The van der Waals surface area contributed by atoms with E-state index in [1.165, 1.54) is 17.4 Å². The number of benzene rings is 1. The Morgan fingerprint density at radius 1 is 1.30 bits per heavy atom. The Labute approximate surface area is 137 Å². The fourth-order valence-corrected chi connectivity index (χ4v) is 3.18. The number of carbonyl (C=O) groups is 1. The van der Waals surface area contributed by atoms with Crippen molar-refractivity contribution in [3.05, 3.63) is 75.8 Å². The second-order valence-electron chi connectivity index (χ2n) is 5.23. The first-order valence-electron chi connectivity index (χ1n) is 7.15. The summed E-state index contributed by atoms with van der Waals surface area (Å²) in [6.07, 6.45) is 3.40. The fraction of sp³-hybridized carbons (Fsp3) is 0.176. The fourth-order valence-electron chi connectivity index (χ4n) is 2.40. The SMILES string of the molecule is Cc1ccc(C(=O)NC(c2ccccc2F)c2nccn2C)s1. The summed E-state index contributed by atoms with van der Waals surface area (Å²) in [6.45, 7) is 1.94. The molecule has 0 aliphatic carbocycles. The van der Waals surface area contributed by atoms with E-state index in [0.29, 0.717) is 16.3 Å². The molecule has 1 amide bonds. The van der Waals surface area contributed by atoms with Gasteiger partial charge in [0.1, 0.15) is 17.7 Å². The molecule has 0 saturated carbocycles. The quantitative estimate of drug-likeness (QED) is 0.797. The molecule has 0 fully saturated rings. The number of aryl methyl sites for hydroxylation is 2. The van der Waals surface area contributed by atoms with Gasteiger partial charge in [-0.3, -0.25) is 4.79 Å². The standard InChI is InChI=1S/C17H16FN3OS/c1-11-7-8-14(23-11)17(22)20-15(16-19-9-10-21(16)2)12-5-3-4-6-13(12)18/h3-10,15H,1-2H3,(H,20,22). The molecule has 1 aromatic carbocycles. The Kier molecular flexibility index (Phi) is 4.25. The van der Waals surface area contributed by atoms with Crippen LogP contribution in [0.5, 0.6) is 0 Å². The van der Waals surface area contributed by atoms with Crippen molar-refractivity contribution in [1.29, 1.82) is 0 Å². The lowest BCUT2D eigenvalue weighted by atomic mass is 10.1. The van der Waals surface area contributed by atoms with Crippen LogP contribution in [-0.2, 0) is 7.05 Å². The molecule has 2 aromatic heterocycles. The third kappa shape index (κ3) is 3.17. The van der Waals surface area contributed by atoms with Gasteiger partial charge in [0.15, 0.2) is 0 Å². The minimum absolute atomic E-state index is 0.237. The van der Waals surface area contributed by atoms with Gasteiger partial charge in [-0.25, -0.2) is 9.37 Å². The Balaban J connectivity index is 1.98. The molecule has 0 spiro atoms. The molecule has 0 aliphatic heterocycles. The van der Waals surface area contributed by atoms with Crippen molar-refractivity contribution in [2.75, 3.05) is 0 Å². The molecular weight excluding hydrogens is 313 g/mol. The summed E-state index contributed by atoms with van der Waals surface area (Å²) in [6, 6.07) is 9.42. The van der Waals surface area contributed by atoms with E-state index in [4.69, 9.17) is 0 Å². The van der Waals surface area contributed by atoms with Crippen LogP contribution in [0.25, 0.3) is 0 Å². The normalized spacial score (nSPS) is 12.1. The lowest BCUT2D eigenvalue weighted by molar-refractivity contribution is 0.0945. The van der Waals surface area contributed by atoms with Crippen molar-refractivity contribution in [3.63, 3.8) is 0 Å². The smallest absolute Gasteiger partial charge is 0.262 e. The zero-order valence-corrected chi connectivity index (χ0v) is 13.6. The number of hydrogen-bond donors (Lipinski definition) is 1. The average Bonchev–Trinajstić information content (AvgIpc) is 3.14. The average molecular weight is 329 g/mol. The van der Waals surface area contributed by atoms with E-state index >= 15 is 0 Å². The van der Waals surface area contributed by atoms with E-state index < -0.39 is 6.04 Å². The van der Waals surface area contributed by atoms with Crippen LogP contribution in [0.3, 0.4) is 0 Å². The summed E-state index contributed by atoms with van der Waals surface area (Å²) in [5.74, 6) is -0.0285. The molecule has 6 heteroatoms. The van der Waals surface area contributed by atoms with Gasteiger partial charge >= 0.3 is 0 Å². The van der Waals surface area contributed by atoms with E-state index in [0.717, 1.165) is 4.88 Å². The molecule has 0 aliphatic rings. The van der Waals surface area contributed by atoms with Gasteiger partial charge < -0.3 is 9.88 Å². The minimum Gasteiger partial charge on any atom is -0.337 e. The highest BCUT2D eigenvalue weighted by atomic mass is 32.1. The Morgan fingerprint density at radius 3 is 2.70 bits per heavy atom. The van der Waals surface area contributed by atoms with Crippen LogP contribution in [0.4, 0.5) is 4.39 Å². The zero-order valence-electron chi connectivity index (χ0n) is 12.8. The molecule has 3 aromatic rings. The van der Waals surface area contributed by atoms with Crippen LogP contribution in [0, 0.1) is 12.7 Å². The molecule has 1 unspecified atom stereocenters. The van der Waals surface area contributed by atoms with Crippen molar-refractivity contribution < 1.29 is 9.18 Å². The maximum atomic E-state index is 14.2. The van der Waals surface area contributed by atoms with E-state index in [1.54, 1.807) is 41.2 Å². The van der Waals surface area contributed by atoms with Crippen LogP contribution in [0.15, 0.2) is 48.8 Å². The number of amides is 1. The number of nitrogens with one attached hydrogen (secondary N) is 1. The van der Waals surface area contributed by atoms with Crippen molar-refractivity contribution in [3.8, 4) is 0 Å². The van der Waals surface area contributed by atoms with E-state index in [2.05, 4.69) is 10.3 Å². The van der Waals surface area contributed by atoms with Gasteiger partial charge in [-0.1, -0.05) is 18.2 Å². The van der Waals surface area contributed by atoms with E-state index in [-0.39, 0.29) is 11.7 Å². The maximum Gasteiger partial charge on any atom is 0.262 e. The van der Waals surface area contributed by atoms with Crippen LogP contribution >= 0.6 is 11.3 Å². The molecule has 0 radical (unpaired) electrons. The number of imidazole rings is 1. The Bertz CT molecular complexity index is 840. The predicted molar refractivity (Wildman–Crippen MR) is 88.0 cm³/mol. The van der Waals surface area contributed by atoms with Crippen LogP contribution in [0.1, 0.15) is 32.0 Å². The number of thiophene rings is 1. The molecule has 2 heterocycles. The third-order valence-corrected chi connectivity index (χ3v) is 4.57. The summed E-state index contributed by atoms with van der Waals surface area (Å²) >= 11 is 1.41. The number of carbonyl (C=O) groups excluding carboxylic acids is 1. The number of rotatable bonds is 4. The van der Waals surface area contributed by atoms with Gasteiger partial charge in [-0.2, -0.15) is 0 Å². The molecule has 0 saturated heterocycles. The van der Waals surface area contributed by atoms with Gasteiger partial charge in [0.05, 0.1) is 4.88 Å². The molecular formula is C17H16FN3OS. The van der Waals surface area contributed by atoms with Crippen LogP contribution < -0.4 is 5.32 Å². The van der Waals surface area contributed by atoms with Gasteiger partial charge in [0.25, 0.3) is 5.91 Å². The predicted octanol–water partition coefficient (Wildman–Crippen LogP) is 3.45. The summed E-state index contributed by atoms with van der Waals surface area (Å²) in [5, 5.41) is 2.90. The van der Waals surface area contributed by atoms with Gasteiger partial charge in [-0.15, -0.1) is 11.3 Å². The summed E-state index contributed by atoms with van der Waals surface area (Å²) in [4.78, 5) is 18.4. The molecule has 23 heavy (non-hydrogen) atoms. The van der Waals surface area contributed by atoms with Crippen molar-refractivity contribution in [1.82, 2.24) is 14.9 Å². The first-order chi connectivity index (χ1) is 11.1. The van der Waals surface area contributed by atoms with Crippen LogP contribution in [0.2, 0.25) is 0 Å². The second-order valence-corrected chi connectivity index (χ2v) is 6.52. The third-order valence-electron chi connectivity index (χ3n) is 3.57. The largest absolute Gasteiger partial charge is 0.337 e. The lowest BCUT2D eigenvalue weighted by Crippen LogP contribution is -2.31. The summed E-state index contributed by atoms with van der Waals surface area (Å²) < 4.78 is 16.0. The van der Waals surface area contributed by atoms with Gasteiger partial charge in [-0.05, 0) is 25.1 Å². The van der Waals surface area contributed by atoms with E-state index in [9.17, 15) is 9.18 Å². The van der Waals surface area contributed by atoms with Gasteiger partial charge in [0.2, 0.25) is 0 Å². The van der Waals surface area contributed by atoms with E-state index in [1.807, 2.05) is 20.0 Å². The minimum atomic E-state index is -0.647.